The summed E-state index contributed by atoms with van der Waals surface area (Å²) >= 11 is 0. The molecule has 148 valence electrons. The van der Waals surface area contributed by atoms with E-state index in [9.17, 15) is 5.11 Å². The van der Waals surface area contributed by atoms with Gasteiger partial charge < -0.3 is 9.84 Å². The van der Waals surface area contributed by atoms with Gasteiger partial charge in [0.1, 0.15) is 17.6 Å². The Kier molecular flexibility index (Phi) is 4.84. The summed E-state index contributed by atoms with van der Waals surface area (Å²) < 4.78 is 7.70. The molecule has 0 unspecified atom stereocenters. The number of ether oxygens (including phenoxy) is 1. The monoisotopic (exact) mass is 387 g/mol. The third kappa shape index (κ3) is 4.00. The van der Waals surface area contributed by atoms with Gasteiger partial charge in [0.2, 0.25) is 0 Å². The lowest BCUT2D eigenvalue weighted by Gasteiger charge is -2.17. The van der Waals surface area contributed by atoms with Gasteiger partial charge in [-0.25, -0.2) is 9.97 Å². The van der Waals surface area contributed by atoms with Crippen LogP contribution in [0.4, 0.5) is 0 Å². The van der Waals surface area contributed by atoms with Crippen LogP contribution in [0.2, 0.25) is 0 Å². The molecule has 0 spiro atoms. The minimum atomic E-state index is -0.861. The number of nitrogens with zero attached hydrogens (tertiary/aromatic N) is 3. The Hall–Kier alpha value is -3.18. The molecule has 0 aliphatic carbocycles. The van der Waals surface area contributed by atoms with Crippen molar-refractivity contribution in [2.24, 2.45) is 0 Å². The summed E-state index contributed by atoms with van der Waals surface area (Å²) in [5.74, 6) is 0.841. The molecule has 4 aromatic rings. The lowest BCUT2D eigenvalue weighted by atomic mass is 9.97. The zero-order chi connectivity index (χ0) is 20.6. The van der Waals surface area contributed by atoms with Gasteiger partial charge in [0.05, 0.1) is 17.4 Å². The van der Waals surface area contributed by atoms with E-state index >= 15 is 0 Å². The van der Waals surface area contributed by atoms with Gasteiger partial charge in [0, 0.05) is 11.3 Å². The molecule has 0 saturated heterocycles. The van der Waals surface area contributed by atoms with E-state index in [2.05, 4.69) is 4.98 Å². The molecule has 0 aliphatic heterocycles. The number of aliphatic hydroxyl groups is 1. The summed E-state index contributed by atoms with van der Waals surface area (Å²) in [6.07, 6.45) is 1.93. The SMILES string of the molecule is CC(C)Oc1ccc(-n2cnc3ccc(-c4ccc(C(C)(C)O)cc4)nc32)cc1. The number of imidazole rings is 1. The first kappa shape index (κ1) is 19.2. The Labute approximate surface area is 170 Å². The minimum Gasteiger partial charge on any atom is -0.491 e. The molecule has 0 aliphatic rings. The summed E-state index contributed by atoms with van der Waals surface area (Å²) in [6, 6.07) is 19.7. The van der Waals surface area contributed by atoms with Gasteiger partial charge in [-0.15, -0.1) is 0 Å². The van der Waals surface area contributed by atoms with Gasteiger partial charge in [-0.3, -0.25) is 4.57 Å². The van der Waals surface area contributed by atoms with Crippen LogP contribution in [-0.2, 0) is 5.60 Å². The van der Waals surface area contributed by atoms with Crippen LogP contribution in [0, 0.1) is 0 Å². The molecule has 2 heterocycles. The predicted molar refractivity (Wildman–Crippen MR) is 115 cm³/mol. The minimum absolute atomic E-state index is 0.141. The first-order valence-corrected chi connectivity index (χ1v) is 9.76. The van der Waals surface area contributed by atoms with Crippen LogP contribution in [0.15, 0.2) is 67.0 Å². The second-order valence-corrected chi connectivity index (χ2v) is 7.95. The van der Waals surface area contributed by atoms with E-state index in [1.165, 1.54) is 0 Å². The highest BCUT2D eigenvalue weighted by Gasteiger charge is 2.16. The van der Waals surface area contributed by atoms with Crippen molar-refractivity contribution >= 4 is 11.2 Å². The molecule has 2 aromatic heterocycles. The van der Waals surface area contributed by atoms with Gasteiger partial charge in [-0.05, 0) is 69.7 Å². The van der Waals surface area contributed by atoms with E-state index < -0.39 is 5.60 Å². The van der Waals surface area contributed by atoms with E-state index in [0.717, 1.165) is 39.4 Å². The molecule has 4 rings (SSSR count). The Morgan fingerprint density at radius 1 is 0.931 bits per heavy atom. The molecular formula is C24H25N3O2. The molecule has 1 N–H and O–H groups in total. The van der Waals surface area contributed by atoms with Crippen LogP contribution in [0.1, 0.15) is 33.3 Å². The number of rotatable bonds is 5. The first-order chi connectivity index (χ1) is 13.8. The van der Waals surface area contributed by atoms with Crippen molar-refractivity contribution in [1.82, 2.24) is 14.5 Å². The average Bonchev–Trinajstić information content (AvgIpc) is 3.11. The highest BCUT2D eigenvalue weighted by atomic mass is 16.5. The van der Waals surface area contributed by atoms with Crippen molar-refractivity contribution in [3.63, 3.8) is 0 Å². The molecule has 0 bridgehead atoms. The summed E-state index contributed by atoms with van der Waals surface area (Å²) in [5.41, 5.74) is 4.48. The largest absolute Gasteiger partial charge is 0.491 e. The highest BCUT2D eigenvalue weighted by Crippen LogP contribution is 2.26. The quantitative estimate of drug-likeness (QED) is 0.517. The summed E-state index contributed by atoms with van der Waals surface area (Å²) in [4.78, 5) is 9.33. The molecule has 0 atom stereocenters. The van der Waals surface area contributed by atoms with Crippen molar-refractivity contribution in [2.45, 2.75) is 39.4 Å². The molecule has 0 radical (unpaired) electrons. The van der Waals surface area contributed by atoms with Gasteiger partial charge in [-0.1, -0.05) is 24.3 Å². The third-order valence-electron chi connectivity index (χ3n) is 4.77. The first-order valence-electron chi connectivity index (χ1n) is 9.76. The van der Waals surface area contributed by atoms with Gasteiger partial charge in [-0.2, -0.15) is 0 Å². The molecule has 29 heavy (non-hydrogen) atoms. The van der Waals surface area contributed by atoms with Crippen molar-refractivity contribution in [1.29, 1.82) is 0 Å². The normalized spacial score (nSPS) is 11.9. The fourth-order valence-corrected chi connectivity index (χ4v) is 3.25. The van der Waals surface area contributed by atoms with Crippen molar-refractivity contribution in [3.05, 3.63) is 72.6 Å². The fraction of sp³-hybridized carbons (Fsp3) is 0.250. The van der Waals surface area contributed by atoms with Gasteiger partial charge >= 0.3 is 0 Å². The molecule has 0 fully saturated rings. The highest BCUT2D eigenvalue weighted by molar-refractivity contribution is 5.77. The zero-order valence-electron chi connectivity index (χ0n) is 17.1. The Morgan fingerprint density at radius 3 is 2.24 bits per heavy atom. The van der Waals surface area contributed by atoms with E-state index in [4.69, 9.17) is 9.72 Å². The average molecular weight is 387 g/mol. The fourth-order valence-electron chi connectivity index (χ4n) is 3.25. The Morgan fingerprint density at radius 2 is 1.62 bits per heavy atom. The van der Waals surface area contributed by atoms with Crippen LogP contribution in [0.25, 0.3) is 28.1 Å². The van der Waals surface area contributed by atoms with Crippen LogP contribution < -0.4 is 4.74 Å². The van der Waals surface area contributed by atoms with E-state index in [1.54, 1.807) is 20.2 Å². The van der Waals surface area contributed by atoms with E-state index in [-0.39, 0.29) is 6.10 Å². The maximum absolute atomic E-state index is 10.2. The lowest BCUT2D eigenvalue weighted by Crippen LogP contribution is -2.14. The van der Waals surface area contributed by atoms with E-state index in [0.29, 0.717) is 0 Å². The number of aromatic nitrogens is 3. The Balaban J connectivity index is 1.69. The summed E-state index contributed by atoms with van der Waals surface area (Å²) in [5, 5.41) is 10.2. The van der Waals surface area contributed by atoms with Gasteiger partial charge in [0.25, 0.3) is 0 Å². The molecule has 0 amide bonds. The van der Waals surface area contributed by atoms with Crippen LogP contribution in [-0.4, -0.2) is 25.7 Å². The second-order valence-electron chi connectivity index (χ2n) is 7.95. The number of hydrogen-bond acceptors (Lipinski definition) is 4. The van der Waals surface area contributed by atoms with Crippen LogP contribution in [0.5, 0.6) is 5.75 Å². The maximum atomic E-state index is 10.2. The number of benzene rings is 2. The van der Waals surface area contributed by atoms with E-state index in [1.807, 2.05) is 79.1 Å². The van der Waals surface area contributed by atoms with Crippen LogP contribution in [0.3, 0.4) is 0 Å². The predicted octanol–water partition coefficient (Wildman–Crippen LogP) is 5.10. The maximum Gasteiger partial charge on any atom is 0.165 e. The number of hydrogen-bond donors (Lipinski definition) is 1. The second kappa shape index (κ2) is 7.33. The summed E-state index contributed by atoms with van der Waals surface area (Å²) in [7, 11) is 0. The molecule has 5 heteroatoms. The van der Waals surface area contributed by atoms with Crippen LogP contribution >= 0.6 is 0 Å². The Bertz CT molecular complexity index is 1120. The third-order valence-corrected chi connectivity index (χ3v) is 4.77. The smallest absolute Gasteiger partial charge is 0.165 e. The van der Waals surface area contributed by atoms with Crippen molar-refractivity contribution < 1.29 is 9.84 Å². The topological polar surface area (TPSA) is 60.2 Å². The zero-order valence-corrected chi connectivity index (χ0v) is 17.1. The molecule has 5 nitrogen and oxygen atoms in total. The molecule has 0 saturated carbocycles. The van der Waals surface area contributed by atoms with Crippen molar-refractivity contribution in [2.75, 3.05) is 0 Å². The summed E-state index contributed by atoms with van der Waals surface area (Å²) in [6.45, 7) is 7.58. The standard InChI is InChI=1S/C24H25N3O2/c1-16(2)29-20-11-9-19(10-12-20)27-15-25-22-14-13-21(26-23(22)27)17-5-7-18(8-6-17)24(3,4)28/h5-16,28H,1-4H3. The molecule has 2 aromatic carbocycles. The number of pyridine rings is 1. The van der Waals surface area contributed by atoms with Crippen molar-refractivity contribution in [3.8, 4) is 22.7 Å². The number of fused-ring (bicyclic) bond motifs is 1. The van der Waals surface area contributed by atoms with Gasteiger partial charge in [0.15, 0.2) is 5.65 Å². The molecular weight excluding hydrogens is 362 g/mol. The lowest BCUT2D eigenvalue weighted by molar-refractivity contribution is 0.0786.